The van der Waals surface area contributed by atoms with Crippen molar-refractivity contribution in [1.82, 2.24) is 0 Å². The summed E-state index contributed by atoms with van der Waals surface area (Å²) in [6.07, 6.45) is 15.7. The molecule has 0 amide bonds. The Morgan fingerprint density at radius 2 is 1.22 bits per heavy atom. The Labute approximate surface area is 167 Å². The number of rotatable bonds is 19. The van der Waals surface area contributed by atoms with Gasteiger partial charge in [0.1, 0.15) is 6.10 Å². The van der Waals surface area contributed by atoms with Gasteiger partial charge in [0, 0.05) is 6.61 Å². The van der Waals surface area contributed by atoms with E-state index in [9.17, 15) is 5.11 Å². The van der Waals surface area contributed by atoms with Gasteiger partial charge in [0.05, 0.1) is 19.8 Å². The highest BCUT2D eigenvalue weighted by atomic mass is 16.5. The van der Waals surface area contributed by atoms with Crippen molar-refractivity contribution in [3.05, 3.63) is 35.9 Å². The van der Waals surface area contributed by atoms with E-state index in [4.69, 9.17) is 9.47 Å². The molecule has 3 heteroatoms. The Morgan fingerprint density at radius 1 is 0.704 bits per heavy atom. The molecule has 0 aliphatic heterocycles. The highest BCUT2D eigenvalue weighted by Crippen LogP contribution is 2.12. The van der Waals surface area contributed by atoms with Crippen LogP contribution in [0.4, 0.5) is 0 Å². The fourth-order valence-electron chi connectivity index (χ4n) is 3.20. The van der Waals surface area contributed by atoms with Crippen molar-refractivity contribution in [2.75, 3.05) is 19.8 Å². The number of hydrogen-bond acceptors (Lipinski definition) is 3. The average Bonchev–Trinajstić information content (AvgIpc) is 2.69. The largest absolute Gasteiger partial charge is 0.388 e. The minimum absolute atomic E-state index is 0.327. The van der Waals surface area contributed by atoms with E-state index >= 15 is 0 Å². The molecule has 1 atom stereocenters. The van der Waals surface area contributed by atoms with E-state index < -0.39 is 6.10 Å². The van der Waals surface area contributed by atoms with Crippen LogP contribution in [0.3, 0.4) is 0 Å². The molecule has 1 unspecified atom stereocenters. The molecule has 1 N–H and O–H groups in total. The minimum atomic E-state index is -0.536. The number of hydrogen-bond donors (Lipinski definition) is 1. The second-order valence-electron chi connectivity index (χ2n) is 7.62. The van der Waals surface area contributed by atoms with E-state index in [2.05, 4.69) is 6.92 Å². The molecule has 0 fully saturated rings. The fraction of sp³-hybridized carbons (Fsp3) is 0.750. The van der Waals surface area contributed by atoms with Gasteiger partial charge in [-0.3, -0.25) is 0 Å². The van der Waals surface area contributed by atoms with Crippen molar-refractivity contribution < 1.29 is 14.6 Å². The molecule has 0 bridgehead atoms. The van der Waals surface area contributed by atoms with Crippen molar-refractivity contribution in [3.63, 3.8) is 0 Å². The summed E-state index contributed by atoms with van der Waals surface area (Å²) in [5, 5.41) is 9.87. The lowest BCUT2D eigenvalue weighted by Gasteiger charge is -2.12. The molecule has 1 aromatic rings. The van der Waals surface area contributed by atoms with Crippen LogP contribution in [0.5, 0.6) is 0 Å². The topological polar surface area (TPSA) is 38.7 Å². The molecule has 0 aromatic heterocycles. The Kier molecular flexibility index (Phi) is 16.5. The summed E-state index contributed by atoms with van der Waals surface area (Å²) in [7, 11) is 0. The monoisotopic (exact) mass is 378 g/mol. The van der Waals surface area contributed by atoms with Gasteiger partial charge in [-0.05, 0) is 12.0 Å². The van der Waals surface area contributed by atoms with Crippen LogP contribution in [0.25, 0.3) is 0 Å². The third kappa shape index (κ3) is 15.8. The summed E-state index contributed by atoms with van der Waals surface area (Å²) in [4.78, 5) is 0. The van der Waals surface area contributed by atoms with Crippen molar-refractivity contribution in [1.29, 1.82) is 0 Å². The third-order valence-electron chi connectivity index (χ3n) is 4.87. The Hall–Kier alpha value is -0.900. The number of unbranched alkanes of at least 4 members (excludes halogenated alkanes) is 11. The summed E-state index contributed by atoms with van der Waals surface area (Å²) in [6.45, 7) is 4.25. The molecular weight excluding hydrogens is 336 g/mol. The Bertz CT molecular complexity index is 407. The molecule has 0 heterocycles. The van der Waals surface area contributed by atoms with Crippen LogP contribution in [0, 0.1) is 0 Å². The predicted octanol–water partition coefficient (Wildman–Crippen LogP) is 6.28. The summed E-state index contributed by atoms with van der Waals surface area (Å²) in [5.74, 6) is 0. The molecule has 3 nitrogen and oxygen atoms in total. The number of aliphatic hydroxyl groups is 1. The minimum Gasteiger partial charge on any atom is -0.388 e. The zero-order valence-corrected chi connectivity index (χ0v) is 17.5. The lowest BCUT2D eigenvalue weighted by molar-refractivity contribution is -0.0239. The average molecular weight is 379 g/mol. The van der Waals surface area contributed by atoms with Gasteiger partial charge in [0.25, 0.3) is 0 Å². The first kappa shape index (κ1) is 24.1. The Balaban J connectivity index is 1.77. The van der Waals surface area contributed by atoms with Gasteiger partial charge in [0.15, 0.2) is 0 Å². The summed E-state index contributed by atoms with van der Waals surface area (Å²) < 4.78 is 11.1. The van der Waals surface area contributed by atoms with Gasteiger partial charge < -0.3 is 14.6 Å². The van der Waals surface area contributed by atoms with Crippen LogP contribution < -0.4 is 0 Å². The number of aliphatic hydroxyl groups excluding tert-OH is 1. The zero-order chi connectivity index (χ0) is 19.4. The van der Waals surface area contributed by atoms with E-state index in [0.717, 1.165) is 18.6 Å². The smallest absolute Gasteiger partial charge is 0.101 e. The third-order valence-corrected chi connectivity index (χ3v) is 4.87. The SMILES string of the molecule is CCCCCCCCCCCCCCOCC(O)COCc1ccccc1. The first-order valence-corrected chi connectivity index (χ1v) is 11.2. The Morgan fingerprint density at radius 3 is 1.81 bits per heavy atom. The number of benzene rings is 1. The first-order chi connectivity index (χ1) is 13.3. The normalized spacial score (nSPS) is 12.4. The molecule has 1 aromatic carbocycles. The van der Waals surface area contributed by atoms with Gasteiger partial charge in [-0.2, -0.15) is 0 Å². The number of ether oxygens (including phenoxy) is 2. The van der Waals surface area contributed by atoms with Crippen molar-refractivity contribution in [2.24, 2.45) is 0 Å². The van der Waals surface area contributed by atoms with Crippen LogP contribution >= 0.6 is 0 Å². The highest BCUT2D eigenvalue weighted by molar-refractivity contribution is 5.13. The van der Waals surface area contributed by atoms with Crippen LogP contribution in [-0.4, -0.2) is 31.0 Å². The molecule has 0 radical (unpaired) electrons. The second kappa shape index (κ2) is 18.5. The predicted molar refractivity (Wildman–Crippen MR) is 114 cm³/mol. The molecule has 156 valence electrons. The lowest BCUT2D eigenvalue weighted by atomic mass is 10.1. The van der Waals surface area contributed by atoms with Crippen molar-refractivity contribution in [3.8, 4) is 0 Å². The zero-order valence-electron chi connectivity index (χ0n) is 17.5. The summed E-state index contributed by atoms with van der Waals surface area (Å²) in [6, 6.07) is 10.0. The van der Waals surface area contributed by atoms with Crippen LogP contribution in [0.1, 0.15) is 89.5 Å². The van der Waals surface area contributed by atoms with Gasteiger partial charge in [-0.15, -0.1) is 0 Å². The highest BCUT2D eigenvalue weighted by Gasteiger charge is 2.04. The summed E-state index contributed by atoms with van der Waals surface area (Å²) in [5.41, 5.74) is 1.13. The maximum absolute atomic E-state index is 9.87. The lowest BCUT2D eigenvalue weighted by Crippen LogP contribution is -2.22. The quantitative estimate of drug-likeness (QED) is 0.288. The second-order valence-corrected chi connectivity index (χ2v) is 7.62. The van der Waals surface area contributed by atoms with Crippen molar-refractivity contribution in [2.45, 2.75) is 96.7 Å². The molecule has 0 saturated heterocycles. The first-order valence-electron chi connectivity index (χ1n) is 11.2. The van der Waals surface area contributed by atoms with Gasteiger partial charge >= 0.3 is 0 Å². The van der Waals surface area contributed by atoms with E-state index in [1.54, 1.807) is 0 Å². The maximum atomic E-state index is 9.87. The molecule has 0 spiro atoms. The van der Waals surface area contributed by atoms with Crippen LogP contribution in [0.15, 0.2) is 30.3 Å². The van der Waals surface area contributed by atoms with E-state index in [0.29, 0.717) is 19.8 Å². The molecular formula is C24H42O3. The van der Waals surface area contributed by atoms with E-state index in [1.807, 2.05) is 30.3 Å². The van der Waals surface area contributed by atoms with Gasteiger partial charge in [-0.25, -0.2) is 0 Å². The van der Waals surface area contributed by atoms with E-state index in [1.165, 1.54) is 70.6 Å². The maximum Gasteiger partial charge on any atom is 0.101 e. The van der Waals surface area contributed by atoms with Crippen LogP contribution in [0.2, 0.25) is 0 Å². The summed E-state index contributed by atoms with van der Waals surface area (Å²) >= 11 is 0. The van der Waals surface area contributed by atoms with Crippen molar-refractivity contribution >= 4 is 0 Å². The van der Waals surface area contributed by atoms with E-state index in [-0.39, 0.29) is 0 Å². The molecule has 0 aliphatic carbocycles. The molecule has 0 saturated carbocycles. The molecule has 27 heavy (non-hydrogen) atoms. The van der Waals surface area contributed by atoms with Crippen LogP contribution in [-0.2, 0) is 16.1 Å². The standard InChI is InChI=1S/C24H42O3/c1-2-3-4-5-6-7-8-9-10-11-12-16-19-26-21-24(25)22-27-20-23-17-14-13-15-18-23/h13-15,17-18,24-25H,2-12,16,19-22H2,1H3. The van der Waals surface area contributed by atoms with Gasteiger partial charge in [0.2, 0.25) is 0 Å². The molecule has 1 rings (SSSR count). The fourth-order valence-corrected chi connectivity index (χ4v) is 3.20. The van der Waals surface area contributed by atoms with Gasteiger partial charge in [-0.1, -0.05) is 108 Å². The molecule has 0 aliphatic rings.